The highest BCUT2D eigenvalue weighted by atomic mass is 35.5. The van der Waals surface area contributed by atoms with Gasteiger partial charge in [0, 0.05) is 29.6 Å². The van der Waals surface area contributed by atoms with Crippen LogP contribution in [0.4, 0.5) is 3.89 Å². The molecule has 0 N–H and O–H groups in total. The molecule has 2 rings (SSSR count). The monoisotopic (exact) mass is 339 g/mol. The number of hydrogen-bond acceptors (Lipinski definition) is 3. The molecular weight excluding hydrogens is 328 g/mol. The lowest BCUT2D eigenvalue weighted by Crippen LogP contribution is -2.29. The van der Waals surface area contributed by atoms with Gasteiger partial charge >= 0.3 is 10.2 Å². The fourth-order valence-corrected chi connectivity index (χ4v) is 3.24. The van der Waals surface area contributed by atoms with Crippen molar-refractivity contribution in [3.8, 4) is 0 Å². The van der Waals surface area contributed by atoms with E-state index < -0.39 is 15.5 Å². The fraction of sp³-hybridized carbons (Fsp3) is 0.417. The number of nitrogens with zero attached hydrogens (tertiary/aromatic N) is 1. The molecule has 20 heavy (non-hydrogen) atoms. The Kier molecular flexibility index (Phi) is 4.56. The maximum absolute atomic E-state index is 12.9. The number of amides is 1. The summed E-state index contributed by atoms with van der Waals surface area (Å²) in [5, 5.41) is -0.207. The van der Waals surface area contributed by atoms with Gasteiger partial charge in [0.25, 0.3) is 0 Å². The molecule has 0 radical (unpaired) electrons. The van der Waals surface area contributed by atoms with E-state index in [4.69, 9.17) is 23.2 Å². The zero-order chi connectivity index (χ0) is 14.9. The third kappa shape index (κ3) is 3.62. The molecule has 1 amide bonds. The lowest BCUT2D eigenvalue weighted by atomic mass is 10.1. The number of carbonyl (C=O) groups excluding carboxylic acids is 1. The molecule has 0 spiro atoms. The summed E-state index contributed by atoms with van der Waals surface area (Å²) in [5.74, 6) is -0.366. The van der Waals surface area contributed by atoms with Crippen LogP contribution in [-0.4, -0.2) is 37.6 Å². The molecule has 1 heterocycles. The van der Waals surface area contributed by atoms with Crippen molar-refractivity contribution in [3.63, 3.8) is 0 Å². The topological polar surface area (TPSA) is 54.5 Å². The first-order valence-corrected chi connectivity index (χ1v) is 8.13. The summed E-state index contributed by atoms with van der Waals surface area (Å²) >= 11 is 11.9. The molecule has 0 aromatic heterocycles. The fourth-order valence-electron chi connectivity index (χ4n) is 2.13. The second kappa shape index (κ2) is 5.87. The number of likely N-dealkylation sites (tertiary alicyclic amines) is 1. The largest absolute Gasteiger partial charge is 0.341 e. The number of rotatable bonds is 4. The van der Waals surface area contributed by atoms with Gasteiger partial charge < -0.3 is 4.90 Å². The van der Waals surface area contributed by atoms with Gasteiger partial charge in [-0.2, -0.15) is 8.42 Å². The molecule has 1 aromatic carbocycles. The Morgan fingerprint density at radius 2 is 2.05 bits per heavy atom. The molecule has 110 valence electrons. The minimum atomic E-state index is -4.68. The average molecular weight is 340 g/mol. The lowest BCUT2D eigenvalue weighted by Gasteiger charge is -2.16. The highest BCUT2D eigenvalue weighted by Crippen LogP contribution is 2.23. The van der Waals surface area contributed by atoms with E-state index in [2.05, 4.69) is 0 Å². The van der Waals surface area contributed by atoms with E-state index in [1.165, 1.54) is 4.90 Å². The molecule has 4 nitrogen and oxygen atoms in total. The summed E-state index contributed by atoms with van der Waals surface area (Å²) in [6.07, 6.45) is 0.131. The Hall–Kier alpha value is -0.850. The Labute approximate surface area is 126 Å². The quantitative estimate of drug-likeness (QED) is 0.791. The summed E-state index contributed by atoms with van der Waals surface area (Å²) in [4.78, 5) is 13.0. The summed E-state index contributed by atoms with van der Waals surface area (Å²) in [6.45, 7) is 0.167. The molecule has 1 saturated heterocycles. The number of hydrogen-bond donors (Lipinski definition) is 0. The van der Waals surface area contributed by atoms with Gasteiger partial charge in [0.05, 0.1) is 0 Å². The van der Waals surface area contributed by atoms with Crippen LogP contribution in [0, 0.1) is 0 Å². The molecule has 1 aliphatic heterocycles. The highest BCUT2D eigenvalue weighted by Gasteiger charge is 2.38. The van der Waals surface area contributed by atoms with Gasteiger partial charge in [-0.3, -0.25) is 4.79 Å². The second-order valence-corrected chi connectivity index (χ2v) is 7.09. The first kappa shape index (κ1) is 15.5. The van der Waals surface area contributed by atoms with Gasteiger partial charge in [0.15, 0.2) is 0 Å². The van der Waals surface area contributed by atoms with Gasteiger partial charge in [0.1, 0.15) is 5.25 Å². The van der Waals surface area contributed by atoms with Crippen LogP contribution < -0.4 is 0 Å². The maximum atomic E-state index is 12.9. The van der Waals surface area contributed by atoms with Crippen LogP contribution in [0.3, 0.4) is 0 Å². The minimum Gasteiger partial charge on any atom is -0.341 e. The van der Waals surface area contributed by atoms with Crippen molar-refractivity contribution in [2.75, 3.05) is 13.1 Å². The SMILES string of the molecule is O=C1CC(S(=O)(=O)F)CN1CCc1cc(Cl)ccc1Cl. The van der Waals surface area contributed by atoms with Crippen molar-refractivity contribution in [2.24, 2.45) is 0 Å². The predicted molar refractivity (Wildman–Crippen MR) is 75.2 cm³/mol. The summed E-state index contributed by atoms with van der Waals surface area (Å²) in [5.41, 5.74) is 0.763. The maximum Gasteiger partial charge on any atom is 0.307 e. The first-order chi connectivity index (χ1) is 9.27. The summed E-state index contributed by atoms with van der Waals surface area (Å²) in [6, 6.07) is 4.99. The van der Waals surface area contributed by atoms with Crippen molar-refractivity contribution < 1.29 is 17.1 Å². The van der Waals surface area contributed by atoms with Crippen molar-refractivity contribution in [1.29, 1.82) is 0 Å². The average Bonchev–Trinajstić information content (AvgIpc) is 2.72. The number of benzene rings is 1. The third-order valence-electron chi connectivity index (χ3n) is 3.24. The van der Waals surface area contributed by atoms with E-state index in [0.29, 0.717) is 16.5 Å². The predicted octanol–water partition coefficient (Wildman–Crippen LogP) is 2.44. The smallest absolute Gasteiger partial charge is 0.307 e. The molecule has 0 saturated carbocycles. The van der Waals surface area contributed by atoms with Crippen LogP contribution in [-0.2, 0) is 21.4 Å². The molecule has 1 aliphatic rings. The van der Waals surface area contributed by atoms with Crippen LogP contribution in [0.5, 0.6) is 0 Å². The normalized spacial score (nSPS) is 19.6. The van der Waals surface area contributed by atoms with Crippen LogP contribution in [0.1, 0.15) is 12.0 Å². The zero-order valence-electron chi connectivity index (χ0n) is 10.4. The van der Waals surface area contributed by atoms with Gasteiger partial charge in [-0.1, -0.05) is 23.2 Å². The molecule has 1 aromatic rings. The number of halogens is 3. The second-order valence-electron chi connectivity index (χ2n) is 4.63. The Morgan fingerprint density at radius 3 is 2.65 bits per heavy atom. The van der Waals surface area contributed by atoms with Crippen LogP contribution in [0.15, 0.2) is 18.2 Å². The van der Waals surface area contributed by atoms with Crippen LogP contribution >= 0.6 is 23.2 Å². The molecular formula is C12H12Cl2FNO3S. The molecule has 0 bridgehead atoms. The van der Waals surface area contributed by atoms with Crippen molar-refractivity contribution in [2.45, 2.75) is 18.1 Å². The number of carbonyl (C=O) groups is 1. The van der Waals surface area contributed by atoms with Crippen molar-refractivity contribution >= 4 is 39.3 Å². The van der Waals surface area contributed by atoms with Gasteiger partial charge in [-0.25, -0.2) is 0 Å². The van der Waals surface area contributed by atoms with Crippen molar-refractivity contribution in [3.05, 3.63) is 33.8 Å². The zero-order valence-corrected chi connectivity index (χ0v) is 12.7. The molecule has 8 heteroatoms. The lowest BCUT2D eigenvalue weighted by molar-refractivity contribution is -0.127. The minimum absolute atomic E-state index is 0.115. The molecule has 0 aliphatic carbocycles. The van der Waals surface area contributed by atoms with Crippen LogP contribution in [0.25, 0.3) is 0 Å². The standard InChI is InChI=1S/C12H12Cl2FNO3S/c13-9-1-2-11(14)8(5-9)3-4-16-7-10(6-12(16)17)20(15,18)19/h1-2,5,10H,3-4,6-7H2. The van der Waals surface area contributed by atoms with E-state index in [1.54, 1.807) is 18.2 Å². The van der Waals surface area contributed by atoms with Gasteiger partial charge in [-0.15, -0.1) is 3.89 Å². The van der Waals surface area contributed by atoms with Gasteiger partial charge in [-0.05, 0) is 30.2 Å². The Bertz CT molecular complexity index is 636. The molecule has 1 unspecified atom stereocenters. The van der Waals surface area contributed by atoms with Crippen molar-refractivity contribution in [1.82, 2.24) is 4.90 Å². The first-order valence-electron chi connectivity index (χ1n) is 5.92. The van der Waals surface area contributed by atoms with E-state index in [9.17, 15) is 17.1 Å². The molecule has 1 fully saturated rings. The highest BCUT2D eigenvalue weighted by molar-refractivity contribution is 7.87. The van der Waals surface area contributed by atoms with E-state index in [0.717, 1.165) is 5.56 Å². The Morgan fingerprint density at radius 1 is 1.35 bits per heavy atom. The van der Waals surface area contributed by atoms with E-state index in [-0.39, 0.29) is 25.4 Å². The van der Waals surface area contributed by atoms with E-state index in [1.807, 2.05) is 0 Å². The Balaban J connectivity index is 2.01. The summed E-state index contributed by atoms with van der Waals surface area (Å²) < 4.78 is 34.5. The summed E-state index contributed by atoms with van der Waals surface area (Å²) in [7, 11) is -4.68. The third-order valence-corrected chi connectivity index (χ3v) is 4.95. The van der Waals surface area contributed by atoms with Crippen LogP contribution in [0.2, 0.25) is 10.0 Å². The van der Waals surface area contributed by atoms with E-state index >= 15 is 0 Å². The molecule has 1 atom stereocenters. The van der Waals surface area contributed by atoms with Gasteiger partial charge in [0.2, 0.25) is 5.91 Å².